The molecule has 1 saturated heterocycles. The Hall–Kier alpha value is -2.84. The third kappa shape index (κ3) is 3.86. The van der Waals surface area contributed by atoms with Crippen molar-refractivity contribution in [1.29, 1.82) is 0 Å². The van der Waals surface area contributed by atoms with Gasteiger partial charge in [-0.2, -0.15) is 0 Å². The average molecular weight is 393 g/mol. The minimum absolute atomic E-state index is 0.362. The predicted molar refractivity (Wildman–Crippen MR) is 110 cm³/mol. The lowest BCUT2D eigenvalue weighted by atomic mass is 10.0. The molecule has 0 spiro atoms. The molecule has 0 saturated carbocycles. The second-order valence-electron chi connectivity index (χ2n) is 7.01. The largest absolute Gasteiger partial charge is 0.394 e. The molecule has 0 radical (unpaired) electrons. The molecule has 4 N–H and O–H groups in total. The van der Waals surface area contributed by atoms with E-state index >= 15 is 0 Å². The van der Waals surface area contributed by atoms with E-state index in [0.717, 1.165) is 10.9 Å². The summed E-state index contributed by atoms with van der Waals surface area (Å²) in [6, 6.07) is 15.5. The van der Waals surface area contributed by atoms with Crippen molar-refractivity contribution in [2.75, 3.05) is 11.9 Å². The first-order valence-electron chi connectivity index (χ1n) is 9.45. The lowest BCUT2D eigenvalue weighted by Gasteiger charge is -2.16. The van der Waals surface area contributed by atoms with Crippen molar-refractivity contribution in [2.45, 2.75) is 31.0 Å². The van der Waals surface area contributed by atoms with Gasteiger partial charge in [0.05, 0.1) is 12.1 Å². The van der Waals surface area contributed by atoms with Gasteiger partial charge in [-0.15, -0.1) is 0 Å². The number of aliphatic hydroxyl groups excluding tert-OH is 3. The number of benzene rings is 2. The van der Waals surface area contributed by atoms with Gasteiger partial charge in [-0.1, -0.05) is 43.0 Å². The summed E-state index contributed by atoms with van der Waals surface area (Å²) in [5.41, 5.74) is 2.46. The van der Waals surface area contributed by atoms with Crippen LogP contribution in [0.5, 0.6) is 0 Å². The van der Waals surface area contributed by atoms with E-state index < -0.39 is 24.4 Å². The van der Waals surface area contributed by atoms with Crippen molar-refractivity contribution >= 4 is 22.8 Å². The van der Waals surface area contributed by atoms with Crippen LogP contribution in [-0.2, 0) is 11.3 Å². The van der Waals surface area contributed by atoms with E-state index in [0.29, 0.717) is 29.3 Å². The molecule has 29 heavy (non-hydrogen) atoms. The molecule has 7 nitrogen and oxygen atoms in total. The Morgan fingerprint density at radius 2 is 1.86 bits per heavy atom. The first-order chi connectivity index (χ1) is 14.1. The molecular formula is C22H23N3O4. The molecule has 7 heteroatoms. The maximum atomic E-state index is 10.3. The molecule has 3 aromatic rings. The maximum absolute atomic E-state index is 10.3. The SMILES string of the molecule is C=Cc1nc(NCc2ccccc2)c2ccc([C@@H]3O[C@H](CO)[C@@H](O)[C@H]3O)cc2n1. The first-order valence-corrected chi connectivity index (χ1v) is 9.45. The van der Waals surface area contributed by atoms with Gasteiger partial charge in [-0.05, 0) is 29.3 Å². The van der Waals surface area contributed by atoms with E-state index in [1.807, 2.05) is 42.5 Å². The highest BCUT2D eigenvalue weighted by atomic mass is 16.6. The summed E-state index contributed by atoms with van der Waals surface area (Å²) in [5, 5.41) is 33.8. The predicted octanol–water partition coefficient (Wildman–Crippen LogP) is 2.04. The standard InChI is InChI=1S/C22H23N3O4/c1-2-18-24-16-10-14(21-20(28)19(27)17(12-26)29-21)8-9-15(16)22(25-18)23-11-13-6-4-3-5-7-13/h2-10,17,19-21,26-28H,1,11-12H2,(H,23,24,25)/t17-,19-,20-,21+/m1/s1. The summed E-state index contributed by atoms with van der Waals surface area (Å²) in [7, 11) is 0. The zero-order chi connectivity index (χ0) is 20.4. The summed E-state index contributed by atoms with van der Waals surface area (Å²) < 4.78 is 5.63. The third-order valence-electron chi connectivity index (χ3n) is 5.09. The van der Waals surface area contributed by atoms with Crippen molar-refractivity contribution in [3.8, 4) is 0 Å². The molecule has 1 fully saturated rings. The van der Waals surface area contributed by atoms with Crippen LogP contribution in [0.15, 0.2) is 55.1 Å². The molecule has 4 rings (SSSR count). The second-order valence-corrected chi connectivity index (χ2v) is 7.01. The van der Waals surface area contributed by atoms with Crippen molar-refractivity contribution < 1.29 is 20.1 Å². The average Bonchev–Trinajstić information content (AvgIpc) is 3.06. The normalized spacial score (nSPS) is 24.0. The number of hydrogen-bond acceptors (Lipinski definition) is 7. The molecule has 2 aromatic carbocycles. The van der Waals surface area contributed by atoms with E-state index in [2.05, 4.69) is 21.9 Å². The van der Waals surface area contributed by atoms with Gasteiger partial charge in [0.1, 0.15) is 30.2 Å². The number of rotatable bonds is 6. The summed E-state index contributed by atoms with van der Waals surface area (Å²) in [6.45, 7) is 4.01. The quantitative estimate of drug-likeness (QED) is 0.508. The number of nitrogens with zero attached hydrogens (tertiary/aromatic N) is 2. The van der Waals surface area contributed by atoms with Gasteiger partial charge < -0.3 is 25.4 Å². The number of ether oxygens (including phenoxy) is 1. The van der Waals surface area contributed by atoms with E-state index in [1.165, 1.54) is 0 Å². The number of hydrogen-bond donors (Lipinski definition) is 4. The Balaban J connectivity index is 1.67. The number of aliphatic hydroxyl groups is 3. The van der Waals surface area contributed by atoms with Crippen LogP contribution >= 0.6 is 0 Å². The molecule has 1 aliphatic heterocycles. The molecule has 0 aliphatic carbocycles. The van der Waals surface area contributed by atoms with E-state index in [1.54, 1.807) is 12.1 Å². The molecule has 1 aliphatic rings. The molecule has 150 valence electrons. The fraction of sp³-hybridized carbons (Fsp3) is 0.273. The Kier molecular flexibility index (Phi) is 5.55. The van der Waals surface area contributed by atoms with Crippen LogP contribution in [0.3, 0.4) is 0 Å². The third-order valence-corrected chi connectivity index (χ3v) is 5.09. The topological polar surface area (TPSA) is 108 Å². The van der Waals surface area contributed by atoms with Gasteiger partial charge in [0, 0.05) is 11.9 Å². The van der Waals surface area contributed by atoms with E-state index in [9.17, 15) is 15.3 Å². The Bertz CT molecular complexity index is 1010. The summed E-state index contributed by atoms with van der Waals surface area (Å²) >= 11 is 0. The van der Waals surface area contributed by atoms with Crippen LogP contribution < -0.4 is 5.32 Å². The first kappa shape index (κ1) is 19.5. The highest BCUT2D eigenvalue weighted by molar-refractivity contribution is 5.90. The summed E-state index contributed by atoms with van der Waals surface area (Å²) in [5.74, 6) is 1.16. The van der Waals surface area contributed by atoms with Crippen LogP contribution in [0.2, 0.25) is 0 Å². The van der Waals surface area contributed by atoms with Crippen LogP contribution in [0.4, 0.5) is 5.82 Å². The Labute approximate surface area is 168 Å². The lowest BCUT2D eigenvalue weighted by Crippen LogP contribution is -2.32. The highest BCUT2D eigenvalue weighted by Crippen LogP contribution is 2.35. The summed E-state index contributed by atoms with van der Waals surface area (Å²) in [4.78, 5) is 9.03. The minimum atomic E-state index is -1.14. The maximum Gasteiger partial charge on any atom is 0.154 e. The molecular weight excluding hydrogens is 370 g/mol. The fourth-order valence-corrected chi connectivity index (χ4v) is 3.52. The second kappa shape index (κ2) is 8.26. The number of aromatic nitrogens is 2. The van der Waals surface area contributed by atoms with Crippen molar-refractivity contribution in [2.24, 2.45) is 0 Å². The number of anilines is 1. The van der Waals surface area contributed by atoms with Crippen LogP contribution in [0.25, 0.3) is 17.0 Å². The number of nitrogens with one attached hydrogen (secondary N) is 1. The lowest BCUT2D eigenvalue weighted by molar-refractivity contribution is -0.0227. The van der Waals surface area contributed by atoms with Gasteiger partial charge in [-0.25, -0.2) is 9.97 Å². The molecule has 1 aromatic heterocycles. The zero-order valence-electron chi connectivity index (χ0n) is 15.8. The fourth-order valence-electron chi connectivity index (χ4n) is 3.52. The molecule has 0 bridgehead atoms. The molecule has 4 atom stereocenters. The van der Waals surface area contributed by atoms with E-state index in [4.69, 9.17) is 4.74 Å². The van der Waals surface area contributed by atoms with Gasteiger partial charge in [0.25, 0.3) is 0 Å². The van der Waals surface area contributed by atoms with Crippen LogP contribution in [-0.4, -0.2) is 50.2 Å². The van der Waals surface area contributed by atoms with Crippen LogP contribution in [0, 0.1) is 0 Å². The minimum Gasteiger partial charge on any atom is -0.394 e. The van der Waals surface area contributed by atoms with E-state index in [-0.39, 0.29) is 6.61 Å². The monoisotopic (exact) mass is 393 g/mol. The highest BCUT2D eigenvalue weighted by Gasteiger charge is 2.43. The molecule has 2 heterocycles. The Morgan fingerprint density at radius 3 is 2.55 bits per heavy atom. The smallest absolute Gasteiger partial charge is 0.154 e. The van der Waals surface area contributed by atoms with Crippen molar-refractivity contribution in [1.82, 2.24) is 9.97 Å². The molecule has 0 amide bonds. The van der Waals surface area contributed by atoms with Gasteiger partial charge in [-0.3, -0.25) is 0 Å². The van der Waals surface area contributed by atoms with Crippen molar-refractivity contribution in [3.63, 3.8) is 0 Å². The van der Waals surface area contributed by atoms with Crippen molar-refractivity contribution in [3.05, 3.63) is 72.1 Å². The zero-order valence-corrected chi connectivity index (χ0v) is 15.8. The van der Waals surface area contributed by atoms with Gasteiger partial charge in [0.15, 0.2) is 5.82 Å². The molecule has 0 unspecified atom stereocenters. The summed E-state index contributed by atoms with van der Waals surface area (Å²) in [6.07, 6.45) is -2.25. The van der Waals surface area contributed by atoms with Gasteiger partial charge >= 0.3 is 0 Å². The van der Waals surface area contributed by atoms with Gasteiger partial charge in [0.2, 0.25) is 0 Å². The Morgan fingerprint density at radius 1 is 1.07 bits per heavy atom. The van der Waals surface area contributed by atoms with Crippen LogP contribution in [0.1, 0.15) is 23.1 Å². The number of fused-ring (bicyclic) bond motifs is 1.